The Hall–Kier alpha value is -0.710. The first-order valence-corrected chi connectivity index (χ1v) is 5.08. The molecule has 3 atom stereocenters. The van der Waals surface area contributed by atoms with Crippen LogP contribution in [-0.2, 0) is 19.7 Å². The molecule has 0 spiro atoms. The van der Waals surface area contributed by atoms with Gasteiger partial charge in [0.2, 0.25) is 0 Å². The highest BCUT2D eigenvalue weighted by atomic mass is 32.2. The first kappa shape index (κ1) is 8.87. The van der Waals surface area contributed by atoms with E-state index in [0.717, 1.165) is 5.56 Å². The van der Waals surface area contributed by atoms with E-state index in [1.54, 1.807) is 0 Å². The molecule has 1 unspecified atom stereocenters. The summed E-state index contributed by atoms with van der Waals surface area (Å²) >= 11 is -1.58. The Balaban J connectivity index is 2.23. The quantitative estimate of drug-likeness (QED) is 0.689. The van der Waals surface area contributed by atoms with Crippen LogP contribution < -0.4 is 0 Å². The molecule has 1 aromatic rings. The van der Waals surface area contributed by atoms with Gasteiger partial charge in [-0.25, -0.2) is 0 Å². The molecule has 70 valence electrons. The summed E-state index contributed by atoms with van der Waals surface area (Å²) in [5.41, 5.74) is 1.00. The van der Waals surface area contributed by atoms with Gasteiger partial charge in [-0.3, -0.25) is 8.37 Å². The summed E-state index contributed by atoms with van der Waals surface area (Å²) in [5.74, 6) is 0. The first-order chi connectivity index (χ1) is 6.27. The van der Waals surface area contributed by atoms with E-state index in [9.17, 15) is 4.21 Å². The highest BCUT2D eigenvalue weighted by Crippen LogP contribution is 2.30. The standard InChI is InChI=1S/C9H10O3S/c1-7-9(12-13(10)11-7)8-5-3-2-4-6-8/h2-7,9H,1H3/t7-,9+,13?/m1/s1. The Kier molecular flexibility index (Phi) is 2.44. The lowest BCUT2D eigenvalue weighted by Crippen LogP contribution is -2.09. The lowest BCUT2D eigenvalue weighted by atomic mass is 10.1. The van der Waals surface area contributed by atoms with Crippen molar-refractivity contribution in [2.45, 2.75) is 19.1 Å². The van der Waals surface area contributed by atoms with E-state index < -0.39 is 11.4 Å². The smallest absolute Gasteiger partial charge is 0.262 e. The Labute approximate surface area is 79.5 Å². The van der Waals surface area contributed by atoms with Gasteiger partial charge in [-0.05, 0) is 12.5 Å². The van der Waals surface area contributed by atoms with Gasteiger partial charge < -0.3 is 0 Å². The monoisotopic (exact) mass is 198 g/mol. The van der Waals surface area contributed by atoms with E-state index in [4.69, 9.17) is 8.37 Å². The number of benzene rings is 1. The molecular formula is C9H10O3S. The maximum Gasteiger partial charge on any atom is 0.305 e. The van der Waals surface area contributed by atoms with Crippen molar-refractivity contribution in [1.29, 1.82) is 0 Å². The minimum Gasteiger partial charge on any atom is -0.262 e. The van der Waals surface area contributed by atoms with Crippen molar-refractivity contribution in [2.24, 2.45) is 0 Å². The molecule has 0 radical (unpaired) electrons. The van der Waals surface area contributed by atoms with Gasteiger partial charge in [0.05, 0.1) is 0 Å². The third-order valence-electron chi connectivity index (χ3n) is 1.97. The van der Waals surface area contributed by atoms with E-state index in [2.05, 4.69) is 0 Å². The molecule has 1 aliphatic heterocycles. The van der Waals surface area contributed by atoms with Gasteiger partial charge in [-0.15, -0.1) is 0 Å². The number of rotatable bonds is 1. The lowest BCUT2D eigenvalue weighted by Gasteiger charge is -2.09. The summed E-state index contributed by atoms with van der Waals surface area (Å²) in [7, 11) is 0. The molecule has 4 heteroatoms. The second-order valence-electron chi connectivity index (χ2n) is 2.93. The van der Waals surface area contributed by atoms with Gasteiger partial charge in [-0.1, -0.05) is 30.3 Å². The molecule has 1 heterocycles. The summed E-state index contributed by atoms with van der Waals surface area (Å²) in [6.45, 7) is 1.85. The summed E-state index contributed by atoms with van der Waals surface area (Å²) in [5, 5.41) is 0. The number of hydrogen-bond donors (Lipinski definition) is 0. The lowest BCUT2D eigenvalue weighted by molar-refractivity contribution is 0.173. The summed E-state index contributed by atoms with van der Waals surface area (Å²) < 4.78 is 21.0. The molecule has 0 aromatic heterocycles. The zero-order chi connectivity index (χ0) is 9.26. The maximum absolute atomic E-state index is 10.9. The fourth-order valence-corrected chi connectivity index (χ4v) is 2.16. The maximum atomic E-state index is 10.9. The second kappa shape index (κ2) is 3.57. The molecule has 0 amide bonds. The van der Waals surface area contributed by atoms with Crippen molar-refractivity contribution in [1.82, 2.24) is 0 Å². The zero-order valence-electron chi connectivity index (χ0n) is 7.17. The van der Waals surface area contributed by atoms with Gasteiger partial charge >= 0.3 is 11.4 Å². The van der Waals surface area contributed by atoms with Gasteiger partial charge in [0.15, 0.2) is 0 Å². The summed E-state index contributed by atoms with van der Waals surface area (Å²) in [6, 6.07) is 9.65. The highest BCUT2D eigenvalue weighted by molar-refractivity contribution is 7.75. The molecule has 2 rings (SSSR count). The van der Waals surface area contributed by atoms with Crippen LogP contribution in [0.25, 0.3) is 0 Å². The highest BCUT2D eigenvalue weighted by Gasteiger charge is 2.32. The zero-order valence-corrected chi connectivity index (χ0v) is 7.99. The van der Waals surface area contributed by atoms with Crippen LogP contribution >= 0.6 is 0 Å². The second-order valence-corrected chi connectivity index (χ2v) is 3.73. The number of hydrogen-bond acceptors (Lipinski definition) is 3. The Bertz CT molecular complexity index is 312. The Morgan fingerprint density at radius 1 is 1.23 bits per heavy atom. The average Bonchev–Trinajstić information content (AvgIpc) is 2.47. The minimum absolute atomic E-state index is 0.150. The topological polar surface area (TPSA) is 35.5 Å². The van der Waals surface area contributed by atoms with Gasteiger partial charge in [-0.2, -0.15) is 4.21 Å². The Morgan fingerprint density at radius 3 is 2.46 bits per heavy atom. The van der Waals surface area contributed by atoms with Crippen molar-refractivity contribution >= 4 is 11.4 Å². The molecule has 0 N–H and O–H groups in total. The van der Waals surface area contributed by atoms with Crippen LogP contribution in [0.4, 0.5) is 0 Å². The molecule has 1 aliphatic rings. The van der Waals surface area contributed by atoms with Crippen molar-refractivity contribution in [2.75, 3.05) is 0 Å². The van der Waals surface area contributed by atoms with E-state index in [1.165, 1.54) is 0 Å². The van der Waals surface area contributed by atoms with E-state index >= 15 is 0 Å². The normalized spacial score (nSPS) is 33.5. The largest absolute Gasteiger partial charge is 0.305 e. The molecule has 3 nitrogen and oxygen atoms in total. The van der Waals surface area contributed by atoms with Crippen LogP contribution in [-0.4, -0.2) is 10.3 Å². The summed E-state index contributed by atoms with van der Waals surface area (Å²) in [4.78, 5) is 0. The predicted octanol–water partition coefficient (Wildman–Crippen LogP) is 1.74. The van der Waals surface area contributed by atoms with Gasteiger partial charge in [0.1, 0.15) is 12.2 Å². The Morgan fingerprint density at radius 2 is 1.92 bits per heavy atom. The molecule has 0 saturated carbocycles. The van der Waals surface area contributed by atoms with E-state index in [1.807, 2.05) is 37.3 Å². The van der Waals surface area contributed by atoms with Crippen molar-refractivity contribution in [3.63, 3.8) is 0 Å². The molecule has 1 aromatic carbocycles. The van der Waals surface area contributed by atoms with Crippen molar-refractivity contribution in [3.05, 3.63) is 35.9 Å². The summed E-state index contributed by atoms with van der Waals surface area (Å²) in [6.07, 6.45) is -0.356. The molecule has 0 aliphatic carbocycles. The third-order valence-corrected chi connectivity index (χ3v) is 2.79. The van der Waals surface area contributed by atoms with Crippen LogP contribution in [0, 0.1) is 0 Å². The SMILES string of the molecule is C[C@H]1OS(=O)O[C@@H]1c1ccccc1. The van der Waals surface area contributed by atoms with Crippen LogP contribution in [0.3, 0.4) is 0 Å². The van der Waals surface area contributed by atoms with E-state index in [-0.39, 0.29) is 12.2 Å². The fraction of sp³-hybridized carbons (Fsp3) is 0.333. The fourth-order valence-electron chi connectivity index (χ4n) is 1.33. The predicted molar refractivity (Wildman–Crippen MR) is 49.0 cm³/mol. The third kappa shape index (κ3) is 1.80. The molecule has 1 saturated heterocycles. The molecule has 0 bridgehead atoms. The van der Waals surface area contributed by atoms with Crippen LogP contribution in [0.15, 0.2) is 30.3 Å². The van der Waals surface area contributed by atoms with Crippen molar-refractivity contribution < 1.29 is 12.6 Å². The molecule has 1 fully saturated rings. The van der Waals surface area contributed by atoms with Gasteiger partial charge in [0.25, 0.3) is 0 Å². The molecular weight excluding hydrogens is 188 g/mol. The van der Waals surface area contributed by atoms with Crippen molar-refractivity contribution in [3.8, 4) is 0 Å². The van der Waals surface area contributed by atoms with Gasteiger partial charge in [0, 0.05) is 0 Å². The van der Waals surface area contributed by atoms with Crippen LogP contribution in [0.2, 0.25) is 0 Å². The average molecular weight is 198 g/mol. The first-order valence-electron chi connectivity index (χ1n) is 4.08. The van der Waals surface area contributed by atoms with Crippen LogP contribution in [0.1, 0.15) is 18.6 Å². The minimum atomic E-state index is -1.58. The van der Waals surface area contributed by atoms with E-state index in [0.29, 0.717) is 0 Å². The van der Waals surface area contributed by atoms with Crippen LogP contribution in [0.5, 0.6) is 0 Å². The molecule has 13 heavy (non-hydrogen) atoms.